The average Bonchev–Trinajstić information content (AvgIpc) is 3.51. The van der Waals surface area contributed by atoms with Gasteiger partial charge in [-0.3, -0.25) is 4.79 Å². The first-order valence-corrected chi connectivity index (χ1v) is 11.1. The van der Waals surface area contributed by atoms with E-state index in [4.69, 9.17) is 0 Å². The van der Waals surface area contributed by atoms with E-state index in [0.29, 0.717) is 16.6 Å². The molecular weight excluding hydrogens is 372 g/mol. The van der Waals surface area contributed by atoms with Crippen LogP contribution in [0.3, 0.4) is 0 Å². The van der Waals surface area contributed by atoms with Gasteiger partial charge in [0.15, 0.2) is 16.0 Å². The average molecular weight is 396 g/mol. The Balaban J connectivity index is 2.06. The second kappa shape index (κ2) is 6.71. The fourth-order valence-corrected chi connectivity index (χ4v) is 4.40. The minimum Gasteiger partial charge on any atom is -0.371 e. The molecule has 0 atom stereocenters. The van der Waals surface area contributed by atoms with Crippen molar-refractivity contribution in [2.24, 2.45) is 7.05 Å². The van der Waals surface area contributed by atoms with E-state index in [1.54, 1.807) is 16.7 Å². The topological polar surface area (TPSA) is 58.3 Å². The number of hydrogen-bond donors (Lipinski definition) is 0. The normalized spacial score (nSPS) is 14.2. The number of aldehydes is 1. The third kappa shape index (κ3) is 3.18. The van der Waals surface area contributed by atoms with Crippen LogP contribution in [0.5, 0.6) is 0 Å². The second-order valence-electron chi connectivity index (χ2n) is 7.50. The molecule has 1 aliphatic rings. The van der Waals surface area contributed by atoms with Crippen molar-refractivity contribution in [2.45, 2.75) is 23.8 Å². The molecule has 1 fully saturated rings. The number of pyridine rings is 1. The standard InChI is InChI=1S/C22H23N2O3S/c1-23-13-20(17-6-4-5-7-18(17)22(23)14-25)19-12-16(28(3,26)27)10-11-21(19)24(2)15-8-9-15/h4-7,10-15H,8-9H2,1-3H3/q+1. The van der Waals surface area contributed by atoms with Crippen LogP contribution in [0.1, 0.15) is 23.3 Å². The van der Waals surface area contributed by atoms with Gasteiger partial charge < -0.3 is 4.90 Å². The molecule has 0 spiro atoms. The first-order valence-electron chi connectivity index (χ1n) is 9.25. The lowest BCUT2D eigenvalue weighted by molar-refractivity contribution is -0.671. The monoisotopic (exact) mass is 395 g/mol. The van der Waals surface area contributed by atoms with Gasteiger partial charge in [-0.1, -0.05) is 18.2 Å². The SMILES string of the molecule is CN(c1ccc(S(C)(=O)=O)cc1-c1c[n+](C)c(C=O)c2ccccc12)C1CC1. The lowest BCUT2D eigenvalue weighted by Crippen LogP contribution is -2.33. The lowest BCUT2D eigenvalue weighted by atomic mass is 9.97. The summed E-state index contributed by atoms with van der Waals surface area (Å²) < 4.78 is 26.2. The molecule has 1 heterocycles. The number of hydrogen-bond acceptors (Lipinski definition) is 4. The highest BCUT2D eigenvalue weighted by Crippen LogP contribution is 2.40. The van der Waals surface area contributed by atoms with Gasteiger partial charge in [0, 0.05) is 36.0 Å². The van der Waals surface area contributed by atoms with Crippen LogP contribution in [0.25, 0.3) is 21.9 Å². The molecule has 0 saturated heterocycles. The molecule has 0 unspecified atom stereocenters. The summed E-state index contributed by atoms with van der Waals surface area (Å²) >= 11 is 0. The van der Waals surface area contributed by atoms with Crippen LogP contribution in [0.15, 0.2) is 53.6 Å². The van der Waals surface area contributed by atoms with Crippen molar-refractivity contribution in [3.8, 4) is 11.1 Å². The van der Waals surface area contributed by atoms with E-state index in [-0.39, 0.29) is 0 Å². The molecule has 5 nitrogen and oxygen atoms in total. The van der Waals surface area contributed by atoms with Crippen LogP contribution in [0, 0.1) is 0 Å². The maximum Gasteiger partial charge on any atom is 0.253 e. The second-order valence-corrected chi connectivity index (χ2v) is 9.51. The Hall–Kier alpha value is -2.73. The molecule has 1 aliphatic carbocycles. The number of nitrogens with zero attached hydrogens (tertiary/aromatic N) is 2. The van der Waals surface area contributed by atoms with E-state index in [2.05, 4.69) is 11.9 Å². The van der Waals surface area contributed by atoms with E-state index < -0.39 is 9.84 Å². The maximum absolute atomic E-state index is 12.2. The Bertz CT molecular complexity index is 1200. The number of rotatable bonds is 5. The number of carbonyl (C=O) groups is 1. The molecular formula is C22H23N2O3S+. The van der Waals surface area contributed by atoms with Gasteiger partial charge in [0.05, 0.1) is 15.8 Å². The zero-order chi connectivity index (χ0) is 20.1. The van der Waals surface area contributed by atoms with Crippen LogP contribution >= 0.6 is 0 Å². The number of aryl methyl sites for hydroxylation is 1. The summed E-state index contributed by atoms with van der Waals surface area (Å²) in [7, 11) is 0.554. The maximum atomic E-state index is 12.2. The summed E-state index contributed by atoms with van der Waals surface area (Å²) in [6.07, 6.45) is 6.28. The molecule has 0 bridgehead atoms. The van der Waals surface area contributed by atoms with Crippen molar-refractivity contribution in [3.05, 3.63) is 54.4 Å². The van der Waals surface area contributed by atoms with Gasteiger partial charge in [0.2, 0.25) is 6.29 Å². The number of aromatic nitrogens is 1. The van der Waals surface area contributed by atoms with Gasteiger partial charge in [0.1, 0.15) is 7.05 Å². The van der Waals surface area contributed by atoms with Gasteiger partial charge >= 0.3 is 0 Å². The zero-order valence-corrected chi connectivity index (χ0v) is 17.0. The highest BCUT2D eigenvalue weighted by molar-refractivity contribution is 7.90. The van der Waals surface area contributed by atoms with Gasteiger partial charge in [-0.15, -0.1) is 0 Å². The Morgan fingerprint density at radius 1 is 1.07 bits per heavy atom. The molecule has 1 aromatic heterocycles. The minimum absolute atomic E-state index is 0.293. The predicted octanol–water partition coefficient (Wildman–Crippen LogP) is 3.15. The molecule has 0 radical (unpaired) electrons. The number of carbonyl (C=O) groups excluding carboxylic acids is 1. The molecule has 0 amide bonds. The first-order chi connectivity index (χ1) is 13.3. The van der Waals surface area contributed by atoms with Crippen LogP contribution in [-0.2, 0) is 16.9 Å². The molecule has 6 heteroatoms. The Morgan fingerprint density at radius 3 is 2.36 bits per heavy atom. The van der Waals surface area contributed by atoms with Crippen LogP contribution in [0.4, 0.5) is 5.69 Å². The van der Waals surface area contributed by atoms with Crippen molar-refractivity contribution in [1.82, 2.24) is 0 Å². The lowest BCUT2D eigenvalue weighted by Gasteiger charge is -2.23. The van der Waals surface area contributed by atoms with Gasteiger partial charge in [0.25, 0.3) is 5.69 Å². The summed E-state index contributed by atoms with van der Waals surface area (Å²) in [5.74, 6) is 0. The number of fused-ring (bicyclic) bond motifs is 1. The summed E-state index contributed by atoms with van der Waals surface area (Å²) in [6.45, 7) is 0. The summed E-state index contributed by atoms with van der Waals surface area (Å²) in [4.78, 5) is 14.2. The summed E-state index contributed by atoms with van der Waals surface area (Å²) in [5.41, 5.74) is 3.37. The van der Waals surface area contributed by atoms with E-state index in [1.165, 1.54) is 6.26 Å². The number of sulfone groups is 1. The van der Waals surface area contributed by atoms with E-state index in [1.807, 2.05) is 43.6 Å². The highest BCUT2D eigenvalue weighted by atomic mass is 32.2. The number of anilines is 1. The molecule has 0 aliphatic heterocycles. The Labute approximate surface area is 165 Å². The van der Waals surface area contributed by atoms with Gasteiger partial charge in [-0.05, 0) is 37.1 Å². The quantitative estimate of drug-likeness (QED) is 0.492. The van der Waals surface area contributed by atoms with Crippen molar-refractivity contribution in [2.75, 3.05) is 18.2 Å². The fraction of sp³-hybridized carbons (Fsp3) is 0.273. The summed E-state index contributed by atoms with van der Waals surface area (Å²) in [6, 6.07) is 13.6. The predicted molar refractivity (Wildman–Crippen MR) is 110 cm³/mol. The number of benzene rings is 2. The third-order valence-corrected chi connectivity index (χ3v) is 6.58. The Kier molecular flexibility index (Phi) is 4.46. The van der Waals surface area contributed by atoms with E-state index in [0.717, 1.165) is 46.7 Å². The van der Waals surface area contributed by atoms with Gasteiger partial charge in [-0.2, -0.15) is 4.57 Å². The van der Waals surface area contributed by atoms with Crippen molar-refractivity contribution in [1.29, 1.82) is 0 Å². The summed E-state index contributed by atoms with van der Waals surface area (Å²) in [5, 5.41) is 1.78. The van der Waals surface area contributed by atoms with Crippen molar-refractivity contribution < 1.29 is 17.8 Å². The molecule has 1 saturated carbocycles. The molecule has 2 aromatic carbocycles. The van der Waals surface area contributed by atoms with Gasteiger partial charge in [-0.25, -0.2) is 8.42 Å². The Morgan fingerprint density at radius 2 is 1.75 bits per heavy atom. The van der Waals surface area contributed by atoms with E-state index in [9.17, 15) is 13.2 Å². The molecule has 28 heavy (non-hydrogen) atoms. The largest absolute Gasteiger partial charge is 0.371 e. The zero-order valence-electron chi connectivity index (χ0n) is 16.2. The molecule has 3 aromatic rings. The van der Waals surface area contributed by atoms with Crippen molar-refractivity contribution >= 4 is 32.6 Å². The first kappa shape index (κ1) is 18.6. The molecule has 0 N–H and O–H groups in total. The van der Waals surface area contributed by atoms with E-state index >= 15 is 0 Å². The highest BCUT2D eigenvalue weighted by Gasteiger charge is 2.29. The fourth-order valence-electron chi connectivity index (χ4n) is 3.75. The van der Waals surface area contributed by atoms with Crippen molar-refractivity contribution in [3.63, 3.8) is 0 Å². The molecule has 4 rings (SSSR count). The van der Waals surface area contributed by atoms with Crippen LogP contribution in [-0.4, -0.2) is 34.0 Å². The molecule has 144 valence electrons. The smallest absolute Gasteiger partial charge is 0.253 e. The van der Waals surface area contributed by atoms with Crippen LogP contribution in [0.2, 0.25) is 0 Å². The third-order valence-electron chi connectivity index (χ3n) is 5.47. The van der Waals surface area contributed by atoms with Crippen LogP contribution < -0.4 is 9.47 Å². The minimum atomic E-state index is -3.34.